The summed E-state index contributed by atoms with van der Waals surface area (Å²) in [5.41, 5.74) is 8.06. The van der Waals surface area contributed by atoms with Crippen LogP contribution in [0.4, 0.5) is 0 Å². The number of esters is 1. The summed E-state index contributed by atoms with van der Waals surface area (Å²) in [4.78, 5) is 23.9. The van der Waals surface area contributed by atoms with Crippen molar-refractivity contribution in [1.29, 1.82) is 0 Å². The van der Waals surface area contributed by atoms with Crippen molar-refractivity contribution >= 4 is 35.1 Å². The molecule has 0 fully saturated rings. The Morgan fingerprint density at radius 1 is 1.06 bits per heavy atom. The topological polar surface area (TPSA) is 122 Å². The molecule has 7 nitrogen and oxygen atoms in total. The van der Waals surface area contributed by atoms with E-state index < -0.39 is 36.2 Å². The molecule has 0 aromatic heterocycles. The van der Waals surface area contributed by atoms with Crippen LogP contribution in [0.3, 0.4) is 0 Å². The van der Waals surface area contributed by atoms with Crippen LogP contribution in [-0.2, 0) is 20.7 Å². The molecule has 5 N–H and O–H groups in total. The highest BCUT2D eigenvalue weighted by molar-refractivity contribution is 6.35. The Hall–Kier alpha value is -2.16. The lowest BCUT2D eigenvalue weighted by molar-refractivity contribution is -0.160. The summed E-state index contributed by atoms with van der Waals surface area (Å²) in [7, 11) is 0. The average Bonchev–Trinajstić information content (AvgIpc) is 2.72. The molecule has 9 heteroatoms. The third-order valence-electron chi connectivity index (χ3n) is 4.61. The fourth-order valence-corrected chi connectivity index (χ4v) is 3.49. The molecule has 0 saturated carbocycles. The monoisotopic (exact) mass is 468 g/mol. The Balaban J connectivity index is 2.22. The first-order chi connectivity index (χ1) is 14.6. The molecule has 0 heterocycles. The van der Waals surface area contributed by atoms with Crippen LogP contribution < -0.4 is 11.1 Å². The SMILES string of the molecule is CCOC(=O)C(O)C(O)C(Cc1ccc(-c2cc(Cl)cc(Cl)c2)cc1)NC(=O)[C@H](C)N. The predicted molar refractivity (Wildman–Crippen MR) is 120 cm³/mol. The Morgan fingerprint density at radius 2 is 1.65 bits per heavy atom. The van der Waals surface area contributed by atoms with Crippen molar-refractivity contribution in [2.45, 2.75) is 44.6 Å². The second kappa shape index (κ2) is 11.5. The van der Waals surface area contributed by atoms with Gasteiger partial charge in [0.25, 0.3) is 0 Å². The first-order valence-electron chi connectivity index (χ1n) is 9.76. The van der Waals surface area contributed by atoms with E-state index in [1.165, 1.54) is 6.92 Å². The number of rotatable bonds is 9. The highest BCUT2D eigenvalue weighted by Crippen LogP contribution is 2.27. The number of ether oxygens (including phenoxy) is 1. The number of aliphatic hydroxyl groups excluding tert-OH is 2. The second-order valence-corrected chi connectivity index (χ2v) is 8.02. The standard InChI is InChI=1S/C22H26Cl2N2O5/c1-3-31-22(30)20(28)19(27)18(26-21(29)12(2)25)8-13-4-6-14(7-5-13)15-9-16(23)11-17(24)10-15/h4-7,9-12,18-20,27-28H,3,8,25H2,1-2H3,(H,26,29)/t12-,18?,19?,20?/m0/s1. The Morgan fingerprint density at radius 3 is 2.16 bits per heavy atom. The van der Waals surface area contributed by atoms with Gasteiger partial charge in [0.1, 0.15) is 6.10 Å². The van der Waals surface area contributed by atoms with Crippen molar-refractivity contribution in [3.05, 3.63) is 58.1 Å². The predicted octanol–water partition coefficient (Wildman–Crippen LogP) is 2.32. The summed E-state index contributed by atoms with van der Waals surface area (Å²) >= 11 is 12.1. The van der Waals surface area contributed by atoms with E-state index in [2.05, 4.69) is 5.32 Å². The number of halogens is 2. The number of nitrogens with two attached hydrogens (primary N) is 1. The van der Waals surface area contributed by atoms with Crippen LogP contribution >= 0.6 is 23.2 Å². The molecule has 0 radical (unpaired) electrons. The maximum absolute atomic E-state index is 12.1. The zero-order valence-corrected chi connectivity index (χ0v) is 18.7. The summed E-state index contributed by atoms with van der Waals surface area (Å²) in [6.07, 6.45) is -3.26. The van der Waals surface area contributed by atoms with Gasteiger partial charge in [-0.25, -0.2) is 4.79 Å². The summed E-state index contributed by atoms with van der Waals surface area (Å²) in [6, 6.07) is 10.7. The van der Waals surface area contributed by atoms with E-state index in [9.17, 15) is 19.8 Å². The summed E-state index contributed by atoms with van der Waals surface area (Å²) in [5.74, 6) is -1.49. The molecule has 168 valence electrons. The van der Waals surface area contributed by atoms with Gasteiger partial charge in [0.05, 0.1) is 18.7 Å². The molecular weight excluding hydrogens is 443 g/mol. The molecule has 0 bridgehead atoms. The third kappa shape index (κ3) is 7.19. The minimum atomic E-state index is -1.81. The molecule has 2 aromatic rings. The smallest absolute Gasteiger partial charge is 0.337 e. The molecule has 0 aliphatic carbocycles. The van der Waals surface area contributed by atoms with Gasteiger partial charge in [0.15, 0.2) is 6.10 Å². The average molecular weight is 469 g/mol. The van der Waals surface area contributed by atoms with Crippen LogP contribution in [-0.4, -0.2) is 53.0 Å². The van der Waals surface area contributed by atoms with Gasteiger partial charge in [-0.2, -0.15) is 0 Å². The molecular formula is C22H26Cl2N2O5. The Bertz CT molecular complexity index is 885. The summed E-state index contributed by atoms with van der Waals surface area (Å²) < 4.78 is 4.75. The lowest BCUT2D eigenvalue weighted by Gasteiger charge is -2.27. The quantitative estimate of drug-likeness (QED) is 0.419. The van der Waals surface area contributed by atoms with Crippen molar-refractivity contribution in [3.8, 4) is 11.1 Å². The van der Waals surface area contributed by atoms with E-state index in [1.807, 2.05) is 12.1 Å². The van der Waals surface area contributed by atoms with Crippen LogP contribution in [0.1, 0.15) is 19.4 Å². The number of benzene rings is 2. The lowest BCUT2D eigenvalue weighted by Crippen LogP contribution is -2.54. The highest BCUT2D eigenvalue weighted by Gasteiger charge is 2.33. The zero-order chi connectivity index (χ0) is 23.1. The number of carbonyl (C=O) groups excluding carboxylic acids is 2. The second-order valence-electron chi connectivity index (χ2n) is 7.15. The molecule has 1 amide bonds. The van der Waals surface area contributed by atoms with Crippen molar-refractivity contribution < 1.29 is 24.5 Å². The van der Waals surface area contributed by atoms with Gasteiger partial charge in [-0.3, -0.25) is 4.79 Å². The molecule has 0 saturated heterocycles. The number of hydrogen-bond acceptors (Lipinski definition) is 6. The minimum Gasteiger partial charge on any atom is -0.464 e. The molecule has 0 aliphatic rings. The van der Waals surface area contributed by atoms with Crippen molar-refractivity contribution in [1.82, 2.24) is 5.32 Å². The van der Waals surface area contributed by atoms with Crippen LogP contribution in [0.15, 0.2) is 42.5 Å². The Labute approximate surface area is 191 Å². The highest BCUT2D eigenvalue weighted by atomic mass is 35.5. The van der Waals surface area contributed by atoms with Gasteiger partial charge < -0.3 is 26.0 Å². The van der Waals surface area contributed by atoms with Gasteiger partial charge in [-0.05, 0) is 55.2 Å². The van der Waals surface area contributed by atoms with Gasteiger partial charge in [-0.1, -0.05) is 47.5 Å². The zero-order valence-electron chi connectivity index (χ0n) is 17.2. The van der Waals surface area contributed by atoms with E-state index in [-0.39, 0.29) is 13.0 Å². The van der Waals surface area contributed by atoms with E-state index in [0.717, 1.165) is 16.7 Å². The molecule has 31 heavy (non-hydrogen) atoms. The molecule has 0 spiro atoms. The number of aliphatic hydroxyl groups is 2. The van der Waals surface area contributed by atoms with E-state index in [1.54, 1.807) is 37.3 Å². The van der Waals surface area contributed by atoms with Crippen LogP contribution in [0.5, 0.6) is 0 Å². The van der Waals surface area contributed by atoms with Gasteiger partial charge in [0.2, 0.25) is 5.91 Å². The Kier molecular flexibility index (Phi) is 9.28. The van der Waals surface area contributed by atoms with E-state index >= 15 is 0 Å². The number of hydrogen-bond donors (Lipinski definition) is 4. The van der Waals surface area contributed by atoms with E-state index in [4.69, 9.17) is 33.7 Å². The first-order valence-corrected chi connectivity index (χ1v) is 10.5. The number of nitrogens with one attached hydrogen (secondary N) is 1. The lowest BCUT2D eigenvalue weighted by atomic mass is 9.95. The maximum atomic E-state index is 12.1. The molecule has 2 rings (SSSR count). The fourth-order valence-electron chi connectivity index (χ4n) is 2.97. The van der Waals surface area contributed by atoms with Crippen LogP contribution in [0.25, 0.3) is 11.1 Å². The van der Waals surface area contributed by atoms with Gasteiger partial charge in [0, 0.05) is 10.0 Å². The van der Waals surface area contributed by atoms with Gasteiger partial charge in [-0.15, -0.1) is 0 Å². The first kappa shape index (κ1) is 25.1. The number of carbonyl (C=O) groups is 2. The third-order valence-corrected chi connectivity index (χ3v) is 5.05. The van der Waals surface area contributed by atoms with Crippen molar-refractivity contribution in [2.24, 2.45) is 5.73 Å². The van der Waals surface area contributed by atoms with E-state index in [0.29, 0.717) is 10.0 Å². The van der Waals surface area contributed by atoms with Crippen molar-refractivity contribution in [3.63, 3.8) is 0 Å². The molecule has 0 aliphatic heterocycles. The molecule has 3 unspecified atom stereocenters. The maximum Gasteiger partial charge on any atom is 0.337 e. The van der Waals surface area contributed by atoms with Crippen LogP contribution in [0, 0.1) is 0 Å². The van der Waals surface area contributed by atoms with Crippen LogP contribution in [0.2, 0.25) is 10.0 Å². The van der Waals surface area contributed by atoms with Crippen molar-refractivity contribution in [2.75, 3.05) is 6.61 Å². The summed E-state index contributed by atoms with van der Waals surface area (Å²) in [5, 5.41) is 24.3. The molecule has 2 aromatic carbocycles. The summed E-state index contributed by atoms with van der Waals surface area (Å²) in [6.45, 7) is 3.13. The van der Waals surface area contributed by atoms with Gasteiger partial charge >= 0.3 is 5.97 Å². The molecule has 4 atom stereocenters. The number of amides is 1. The largest absolute Gasteiger partial charge is 0.464 e. The normalized spacial score (nSPS) is 14.9. The minimum absolute atomic E-state index is 0.0501. The fraction of sp³-hybridized carbons (Fsp3) is 0.364.